The minimum absolute atomic E-state index is 0.0204. The van der Waals surface area contributed by atoms with E-state index in [4.69, 9.17) is 14.2 Å². The van der Waals surface area contributed by atoms with Crippen LogP contribution in [0.4, 0.5) is 30.7 Å². The van der Waals surface area contributed by atoms with Gasteiger partial charge in [-0.15, -0.1) is 0 Å². The molecule has 5 nitrogen and oxygen atoms in total. The third-order valence-corrected chi connectivity index (χ3v) is 6.84. The summed E-state index contributed by atoms with van der Waals surface area (Å²) in [5, 5.41) is 0. The number of ether oxygens (including phenoxy) is 3. The van der Waals surface area contributed by atoms with Crippen LogP contribution in [0.2, 0.25) is 0 Å². The first-order chi connectivity index (χ1) is 18.7. The smallest absolute Gasteiger partial charge is 0.416 e. The number of carbonyl (C=O) groups is 2. The van der Waals surface area contributed by atoms with Crippen LogP contribution in [0.15, 0.2) is 42.5 Å². The molecule has 12 heteroatoms. The predicted octanol–water partition coefficient (Wildman–Crippen LogP) is 7.25. The van der Waals surface area contributed by atoms with Gasteiger partial charge in [-0.25, -0.2) is 4.39 Å². The van der Waals surface area contributed by atoms with E-state index in [2.05, 4.69) is 0 Å². The number of esters is 2. The van der Waals surface area contributed by atoms with Gasteiger partial charge < -0.3 is 14.2 Å². The van der Waals surface area contributed by atoms with Gasteiger partial charge in [0.15, 0.2) is 0 Å². The van der Waals surface area contributed by atoms with E-state index in [1.54, 1.807) is 13.8 Å². The Kier molecular flexibility index (Phi) is 9.86. The third kappa shape index (κ3) is 7.32. The number of hydrogen-bond donors (Lipinski definition) is 0. The summed E-state index contributed by atoms with van der Waals surface area (Å²) < 4.78 is 111. The molecule has 2 aromatic carbocycles. The van der Waals surface area contributed by atoms with Gasteiger partial charge in [0.2, 0.25) is 0 Å². The molecule has 0 spiro atoms. The van der Waals surface area contributed by atoms with Crippen molar-refractivity contribution >= 4 is 11.9 Å². The SMILES string of the molecule is CCOC(=O)[C@H]1[C@H](c2ccc(F)cc2)[C@@H](O[C@H](C)c2cc(C(F)(F)F)cc(C(F)(F)F)c2)CC[C@H]1C(=O)OCC. The lowest BCUT2D eigenvalue weighted by molar-refractivity contribution is -0.168. The lowest BCUT2D eigenvalue weighted by Crippen LogP contribution is -2.46. The second-order valence-electron chi connectivity index (χ2n) is 9.45. The van der Waals surface area contributed by atoms with Gasteiger partial charge in [-0.2, -0.15) is 26.3 Å². The summed E-state index contributed by atoms with van der Waals surface area (Å²) >= 11 is 0. The first kappa shape index (κ1) is 31.4. The van der Waals surface area contributed by atoms with Crippen molar-refractivity contribution in [3.63, 3.8) is 0 Å². The van der Waals surface area contributed by atoms with Gasteiger partial charge in [0.05, 0.1) is 48.4 Å². The van der Waals surface area contributed by atoms with Gasteiger partial charge in [0, 0.05) is 5.92 Å². The number of hydrogen-bond acceptors (Lipinski definition) is 5. The van der Waals surface area contributed by atoms with Crippen LogP contribution in [-0.2, 0) is 36.2 Å². The normalized spacial score (nSPS) is 22.4. The highest BCUT2D eigenvalue weighted by Gasteiger charge is 2.49. The minimum atomic E-state index is -5.04. The highest BCUT2D eigenvalue weighted by molar-refractivity contribution is 5.83. The Morgan fingerprint density at radius 2 is 1.38 bits per heavy atom. The highest BCUT2D eigenvalue weighted by Crippen LogP contribution is 2.46. The molecule has 5 atom stereocenters. The summed E-state index contributed by atoms with van der Waals surface area (Å²) in [4.78, 5) is 26.0. The Labute approximate surface area is 226 Å². The highest BCUT2D eigenvalue weighted by atomic mass is 19.4. The molecule has 1 fully saturated rings. The zero-order valence-electron chi connectivity index (χ0n) is 21.9. The standard InChI is InChI=1S/C28H29F7O5/c1-4-38-25(36)21-10-11-22(23(24(21)26(37)39-5-2)16-6-8-20(29)9-7-16)40-15(3)17-12-18(27(30,31)32)14-19(13-17)28(33,34)35/h6-9,12-15,21-24H,4-5,10-11H2,1-3H3/t15-,21-,22+,23-,24-/m1/s1. The van der Waals surface area contributed by atoms with E-state index < -0.39 is 71.2 Å². The molecule has 0 unspecified atom stereocenters. The molecule has 3 rings (SSSR count). The van der Waals surface area contributed by atoms with Crippen molar-refractivity contribution < 1.29 is 54.5 Å². The van der Waals surface area contributed by atoms with Crippen LogP contribution < -0.4 is 0 Å². The van der Waals surface area contributed by atoms with Gasteiger partial charge >= 0.3 is 24.3 Å². The van der Waals surface area contributed by atoms with Crippen molar-refractivity contribution in [1.29, 1.82) is 0 Å². The molecule has 0 amide bonds. The third-order valence-electron chi connectivity index (χ3n) is 6.84. The van der Waals surface area contributed by atoms with Crippen molar-refractivity contribution in [3.8, 4) is 0 Å². The van der Waals surface area contributed by atoms with Crippen molar-refractivity contribution in [3.05, 3.63) is 70.5 Å². The molecular weight excluding hydrogens is 549 g/mol. The summed E-state index contributed by atoms with van der Waals surface area (Å²) in [5.41, 5.74) is -2.97. The summed E-state index contributed by atoms with van der Waals surface area (Å²) in [6.07, 6.45) is -12.1. The largest absolute Gasteiger partial charge is 0.466 e. The van der Waals surface area contributed by atoms with E-state index in [0.717, 1.165) is 12.1 Å². The molecule has 0 radical (unpaired) electrons. The van der Waals surface area contributed by atoms with Crippen LogP contribution in [0.5, 0.6) is 0 Å². The number of alkyl halides is 6. The number of rotatable bonds is 8. The lowest BCUT2D eigenvalue weighted by atomic mass is 9.67. The Morgan fingerprint density at radius 1 is 0.850 bits per heavy atom. The molecule has 220 valence electrons. The van der Waals surface area contributed by atoms with E-state index in [1.807, 2.05) is 0 Å². The molecule has 0 N–H and O–H groups in total. The quantitative estimate of drug-likeness (QED) is 0.244. The number of benzene rings is 2. The predicted molar refractivity (Wildman–Crippen MR) is 128 cm³/mol. The molecule has 0 saturated heterocycles. The van der Waals surface area contributed by atoms with Gasteiger partial charge in [0.25, 0.3) is 0 Å². The molecule has 0 heterocycles. The topological polar surface area (TPSA) is 61.8 Å². The van der Waals surface area contributed by atoms with Crippen LogP contribution >= 0.6 is 0 Å². The molecule has 1 aliphatic carbocycles. The Bertz CT molecular complexity index is 1140. The summed E-state index contributed by atoms with van der Waals surface area (Å²) in [6, 6.07) is 6.22. The minimum Gasteiger partial charge on any atom is -0.466 e. The van der Waals surface area contributed by atoms with E-state index in [0.29, 0.717) is 17.7 Å². The van der Waals surface area contributed by atoms with Crippen LogP contribution in [0.1, 0.15) is 67.9 Å². The number of halogens is 7. The zero-order valence-corrected chi connectivity index (χ0v) is 21.9. The van der Waals surface area contributed by atoms with Crippen molar-refractivity contribution in [2.24, 2.45) is 11.8 Å². The van der Waals surface area contributed by atoms with Gasteiger partial charge in [-0.1, -0.05) is 12.1 Å². The van der Waals surface area contributed by atoms with Crippen LogP contribution in [0, 0.1) is 17.7 Å². The molecular formula is C28H29F7O5. The number of carbonyl (C=O) groups excluding carboxylic acids is 2. The summed E-state index contributed by atoms with van der Waals surface area (Å²) in [5.74, 6) is -5.07. The second-order valence-corrected chi connectivity index (χ2v) is 9.45. The maximum atomic E-state index is 13.8. The zero-order chi connectivity index (χ0) is 29.8. The van der Waals surface area contributed by atoms with E-state index >= 15 is 0 Å². The van der Waals surface area contributed by atoms with E-state index in [9.17, 15) is 40.3 Å². The average molecular weight is 579 g/mol. The maximum absolute atomic E-state index is 13.8. The fraction of sp³-hybridized carbons (Fsp3) is 0.500. The first-order valence-electron chi connectivity index (χ1n) is 12.7. The Balaban J connectivity index is 2.07. The monoisotopic (exact) mass is 578 g/mol. The molecule has 1 aliphatic rings. The average Bonchev–Trinajstić information content (AvgIpc) is 2.88. The Hall–Kier alpha value is -3.15. The van der Waals surface area contributed by atoms with Crippen molar-refractivity contribution in [2.75, 3.05) is 13.2 Å². The Morgan fingerprint density at radius 3 is 1.88 bits per heavy atom. The molecule has 0 aromatic heterocycles. The van der Waals surface area contributed by atoms with Crippen LogP contribution in [0.25, 0.3) is 0 Å². The molecule has 1 saturated carbocycles. The molecule has 0 bridgehead atoms. The fourth-order valence-corrected chi connectivity index (χ4v) is 5.06. The summed E-state index contributed by atoms with van der Waals surface area (Å²) in [7, 11) is 0. The fourth-order valence-electron chi connectivity index (χ4n) is 5.06. The van der Waals surface area contributed by atoms with Crippen molar-refractivity contribution in [1.82, 2.24) is 0 Å². The van der Waals surface area contributed by atoms with E-state index in [-0.39, 0.29) is 37.7 Å². The molecule has 40 heavy (non-hydrogen) atoms. The van der Waals surface area contributed by atoms with E-state index in [1.165, 1.54) is 19.1 Å². The summed E-state index contributed by atoms with van der Waals surface area (Å²) in [6.45, 7) is 4.48. The van der Waals surface area contributed by atoms with Crippen molar-refractivity contribution in [2.45, 2.75) is 64.1 Å². The second kappa shape index (κ2) is 12.6. The van der Waals surface area contributed by atoms with Gasteiger partial charge in [0.1, 0.15) is 5.82 Å². The molecule has 0 aliphatic heterocycles. The van der Waals surface area contributed by atoms with Gasteiger partial charge in [-0.05, 0) is 75.1 Å². The van der Waals surface area contributed by atoms with Gasteiger partial charge in [-0.3, -0.25) is 9.59 Å². The maximum Gasteiger partial charge on any atom is 0.416 e. The van der Waals surface area contributed by atoms with Crippen LogP contribution in [0.3, 0.4) is 0 Å². The first-order valence-corrected chi connectivity index (χ1v) is 12.7. The lowest BCUT2D eigenvalue weighted by Gasteiger charge is -2.41. The van der Waals surface area contributed by atoms with Crippen LogP contribution in [-0.4, -0.2) is 31.3 Å². The molecule has 2 aromatic rings.